The summed E-state index contributed by atoms with van der Waals surface area (Å²) in [6, 6.07) is 16.4. The maximum absolute atomic E-state index is 12.9. The third-order valence-electron chi connectivity index (χ3n) is 6.86. The molecular formula is C29H27N3O4S. The molecule has 0 spiro atoms. The van der Waals surface area contributed by atoms with Gasteiger partial charge in [0.05, 0.1) is 16.7 Å². The van der Waals surface area contributed by atoms with E-state index >= 15 is 0 Å². The van der Waals surface area contributed by atoms with Gasteiger partial charge in [0.1, 0.15) is 16.6 Å². The lowest BCUT2D eigenvalue weighted by atomic mass is 9.72. The molecule has 4 aromatic rings. The van der Waals surface area contributed by atoms with Gasteiger partial charge in [-0.3, -0.25) is 4.79 Å². The molecule has 0 saturated heterocycles. The summed E-state index contributed by atoms with van der Waals surface area (Å²) in [6.07, 6.45) is 2.75. The number of fused-ring (bicyclic) bond motifs is 2. The van der Waals surface area contributed by atoms with Gasteiger partial charge in [-0.2, -0.15) is 5.26 Å². The van der Waals surface area contributed by atoms with Crippen LogP contribution in [-0.2, 0) is 22.4 Å². The Morgan fingerprint density at radius 3 is 2.70 bits per heavy atom. The third kappa shape index (κ3) is 5.00. The zero-order valence-electron chi connectivity index (χ0n) is 21.0. The lowest BCUT2D eigenvalue weighted by molar-refractivity contribution is -0.119. The van der Waals surface area contributed by atoms with Crippen LogP contribution in [0.5, 0.6) is 0 Å². The van der Waals surface area contributed by atoms with Crippen molar-refractivity contribution >= 4 is 39.3 Å². The van der Waals surface area contributed by atoms with Gasteiger partial charge in [0.15, 0.2) is 12.2 Å². The fourth-order valence-corrected chi connectivity index (χ4v) is 6.03. The summed E-state index contributed by atoms with van der Waals surface area (Å²) in [7, 11) is 0. The molecule has 2 heterocycles. The summed E-state index contributed by atoms with van der Waals surface area (Å²) in [5.74, 6) is -0.326. The predicted molar refractivity (Wildman–Crippen MR) is 142 cm³/mol. The Morgan fingerprint density at radius 1 is 1.19 bits per heavy atom. The lowest BCUT2D eigenvalue weighted by Gasteiger charge is -2.33. The van der Waals surface area contributed by atoms with E-state index in [1.807, 2.05) is 18.2 Å². The minimum atomic E-state index is -0.660. The number of para-hydroxylation sites is 2. The highest BCUT2D eigenvalue weighted by Crippen LogP contribution is 2.44. The molecule has 5 rings (SSSR count). The molecule has 1 unspecified atom stereocenters. The largest absolute Gasteiger partial charge is 0.452 e. The van der Waals surface area contributed by atoms with Crippen molar-refractivity contribution in [1.29, 1.82) is 5.26 Å². The molecule has 0 radical (unpaired) electrons. The summed E-state index contributed by atoms with van der Waals surface area (Å²) in [5.41, 5.74) is 3.76. The number of nitrogens with zero attached hydrogens (tertiary/aromatic N) is 2. The molecule has 0 aliphatic heterocycles. The van der Waals surface area contributed by atoms with Crippen LogP contribution in [0.15, 0.2) is 52.9 Å². The number of anilines is 1. The Hall–Kier alpha value is -3.96. The van der Waals surface area contributed by atoms with Gasteiger partial charge in [0.25, 0.3) is 5.91 Å². The second-order valence-electron chi connectivity index (χ2n) is 10.3. The minimum absolute atomic E-state index is 0.181. The number of benzene rings is 2. The van der Waals surface area contributed by atoms with Gasteiger partial charge in [-0.15, -0.1) is 11.3 Å². The molecule has 37 heavy (non-hydrogen) atoms. The average molecular weight is 514 g/mol. The topological polar surface area (TPSA) is 105 Å². The predicted octanol–water partition coefficient (Wildman–Crippen LogP) is 6.37. The lowest BCUT2D eigenvalue weighted by Crippen LogP contribution is -2.26. The van der Waals surface area contributed by atoms with Gasteiger partial charge < -0.3 is 14.5 Å². The average Bonchev–Trinajstić information content (AvgIpc) is 3.47. The minimum Gasteiger partial charge on any atom is -0.452 e. The first-order valence-corrected chi connectivity index (χ1v) is 13.0. The first-order chi connectivity index (χ1) is 17.7. The molecule has 0 bridgehead atoms. The number of rotatable bonds is 5. The normalized spacial score (nSPS) is 15.1. The summed E-state index contributed by atoms with van der Waals surface area (Å²) in [4.78, 5) is 31.2. The smallest absolute Gasteiger partial charge is 0.339 e. The maximum Gasteiger partial charge on any atom is 0.339 e. The molecule has 1 aliphatic rings. The fraction of sp³-hybridized carbons (Fsp3) is 0.310. The van der Waals surface area contributed by atoms with Crippen molar-refractivity contribution in [2.75, 3.05) is 11.9 Å². The zero-order valence-corrected chi connectivity index (χ0v) is 21.8. The van der Waals surface area contributed by atoms with Crippen LogP contribution in [0.1, 0.15) is 53.6 Å². The van der Waals surface area contributed by atoms with E-state index in [1.54, 1.807) is 30.3 Å². The van der Waals surface area contributed by atoms with Crippen molar-refractivity contribution in [3.63, 3.8) is 0 Å². The highest BCUT2D eigenvalue weighted by molar-refractivity contribution is 7.16. The number of aromatic nitrogens is 1. The van der Waals surface area contributed by atoms with E-state index in [0.29, 0.717) is 39.0 Å². The third-order valence-corrected chi connectivity index (χ3v) is 8.03. The van der Waals surface area contributed by atoms with Crippen molar-refractivity contribution in [3.05, 3.63) is 70.1 Å². The quantitative estimate of drug-likeness (QED) is 0.311. The van der Waals surface area contributed by atoms with Crippen molar-refractivity contribution < 1.29 is 18.7 Å². The molecule has 1 atom stereocenters. The van der Waals surface area contributed by atoms with Gasteiger partial charge in [0.2, 0.25) is 5.89 Å². The standard InChI is InChI=1S/C29H27N3O4S/c1-29(2,3)17-12-13-18-21(15-30)27(37-24(18)14-17)32-25(33)16-35-28(34)20-9-5-4-8-19(20)26-31-22-10-6-7-11-23(22)36-26/h4-11,17H,12-14,16H2,1-3H3,(H,32,33). The van der Waals surface area contributed by atoms with Crippen LogP contribution >= 0.6 is 11.3 Å². The van der Waals surface area contributed by atoms with Gasteiger partial charge in [0, 0.05) is 4.88 Å². The number of ether oxygens (including phenoxy) is 1. The second-order valence-corrected chi connectivity index (χ2v) is 11.4. The van der Waals surface area contributed by atoms with Crippen molar-refractivity contribution in [3.8, 4) is 17.5 Å². The highest BCUT2D eigenvalue weighted by Gasteiger charge is 2.32. The summed E-state index contributed by atoms with van der Waals surface area (Å²) >= 11 is 1.45. The maximum atomic E-state index is 12.9. The van der Waals surface area contributed by atoms with Gasteiger partial charge in [-0.1, -0.05) is 45.0 Å². The van der Waals surface area contributed by atoms with Crippen LogP contribution < -0.4 is 5.32 Å². The summed E-state index contributed by atoms with van der Waals surface area (Å²) in [5, 5.41) is 13.1. The fourth-order valence-electron chi connectivity index (χ4n) is 4.74. The van der Waals surface area contributed by atoms with E-state index < -0.39 is 18.5 Å². The van der Waals surface area contributed by atoms with Crippen LogP contribution in [0, 0.1) is 22.7 Å². The van der Waals surface area contributed by atoms with Crippen LogP contribution in [0.3, 0.4) is 0 Å². The molecule has 188 valence electrons. The van der Waals surface area contributed by atoms with E-state index in [0.717, 1.165) is 29.7 Å². The van der Waals surface area contributed by atoms with Crippen LogP contribution in [0.2, 0.25) is 0 Å². The molecule has 0 fully saturated rings. The summed E-state index contributed by atoms with van der Waals surface area (Å²) < 4.78 is 11.2. The molecule has 2 aromatic carbocycles. The number of carbonyl (C=O) groups is 2. The number of amides is 1. The molecular weight excluding hydrogens is 486 g/mol. The number of hydrogen-bond acceptors (Lipinski definition) is 7. The number of carbonyl (C=O) groups excluding carboxylic acids is 2. The van der Waals surface area contributed by atoms with E-state index in [1.165, 1.54) is 11.3 Å². The molecule has 8 heteroatoms. The zero-order chi connectivity index (χ0) is 26.2. The Labute approximate surface area is 219 Å². The molecule has 2 aromatic heterocycles. The Kier molecular flexibility index (Phi) is 6.57. The SMILES string of the molecule is CC(C)(C)C1CCc2c(sc(NC(=O)COC(=O)c3ccccc3-c3nc4ccccc4o3)c2C#N)C1. The first-order valence-electron chi connectivity index (χ1n) is 12.2. The molecule has 0 saturated carbocycles. The monoisotopic (exact) mass is 513 g/mol. The van der Waals surface area contributed by atoms with Crippen molar-refractivity contribution in [1.82, 2.24) is 4.98 Å². The van der Waals surface area contributed by atoms with Gasteiger partial charge in [-0.05, 0) is 60.4 Å². The molecule has 1 N–H and O–H groups in total. The molecule has 1 aliphatic carbocycles. The number of hydrogen-bond donors (Lipinski definition) is 1. The van der Waals surface area contributed by atoms with E-state index in [-0.39, 0.29) is 11.0 Å². The second kappa shape index (κ2) is 9.83. The Bertz CT molecular complexity index is 1500. The van der Waals surface area contributed by atoms with Gasteiger partial charge in [-0.25, -0.2) is 9.78 Å². The van der Waals surface area contributed by atoms with E-state index in [9.17, 15) is 14.9 Å². The molecule has 1 amide bonds. The van der Waals surface area contributed by atoms with Crippen LogP contribution in [0.4, 0.5) is 5.00 Å². The molecule has 7 nitrogen and oxygen atoms in total. The van der Waals surface area contributed by atoms with Crippen LogP contribution in [0.25, 0.3) is 22.6 Å². The number of oxazole rings is 1. The van der Waals surface area contributed by atoms with Crippen molar-refractivity contribution in [2.45, 2.75) is 40.0 Å². The Morgan fingerprint density at radius 2 is 1.95 bits per heavy atom. The highest BCUT2D eigenvalue weighted by atomic mass is 32.1. The summed E-state index contributed by atoms with van der Waals surface area (Å²) in [6.45, 7) is 6.24. The van der Waals surface area contributed by atoms with E-state index in [2.05, 4.69) is 37.1 Å². The Balaban J connectivity index is 1.28. The first kappa shape index (κ1) is 24.7. The van der Waals surface area contributed by atoms with Crippen LogP contribution in [-0.4, -0.2) is 23.5 Å². The van der Waals surface area contributed by atoms with Gasteiger partial charge >= 0.3 is 5.97 Å². The van der Waals surface area contributed by atoms with E-state index in [4.69, 9.17) is 9.15 Å². The number of thiophene rings is 1. The number of nitrogens with one attached hydrogen (secondary N) is 1. The number of nitriles is 1. The number of esters is 1. The van der Waals surface area contributed by atoms with Crippen molar-refractivity contribution in [2.24, 2.45) is 11.3 Å².